The summed E-state index contributed by atoms with van der Waals surface area (Å²) in [5.41, 5.74) is 2.44. The maximum atomic E-state index is 12.1. The summed E-state index contributed by atoms with van der Waals surface area (Å²) in [4.78, 5) is 16.6. The van der Waals surface area contributed by atoms with Gasteiger partial charge in [0.15, 0.2) is 6.61 Å². The van der Waals surface area contributed by atoms with Gasteiger partial charge < -0.3 is 14.8 Å². The second-order valence-electron chi connectivity index (χ2n) is 7.06. The van der Waals surface area contributed by atoms with Crippen molar-refractivity contribution in [3.05, 3.63) is 113 Å². The maximum absolute atomic E-state index is 12.1. The molecule has 0 bridgehead atoms. The number of halogens is 1. The zero-order valence-electron chi connectivity index (χ0n) is 17.6. The third-order valence-corrected chi connectivity index (χ3v) is 5.17. The summed E-state index contributed by atoms with van der Waals surface area (Å²) in [6.45, 7) is -0.0850. The molecule has 0 saturated heterocycles. The number of carbonyl (C=O) groups excluding carboxylic acids is 1. The van der Waals surface area contributed by atoms with E-state index in [1.807, 2.05) is 97.1 Å². The van der Waals surface area contributed by atoms with Crippen molar-refractivity contribution < 1.29 is 14.3 Å². The first-order valence-electron chi connectivity index (χ1n) is 10.3. The third-order valence-electron chi connectivity index (χ3n) is 4.55. The highest BCUT2D eigenvalue weighted by Gasteiger charge is 2.07. The lowest BCUT2D eigenvalue weighted by atomic mass is 10.2. The molecule has 33 heavy (non-hydrogen) atoms. The van der Waals surface area contributed by atoms with Gasteiger partial charge in [0, 0.05) is 11.9 Å². The predicted octanol–water partition coefficient (Wildman–Crippen LogP) is 7.01. The van der Waals surface area contributed by atoms with Gasteiger partial charge in [-0.3, -0.25) is 9.79 Å². The van der Waals surface area contributed by atoms with Gasteiger partial charge in [0.05, 0.1) is 10.2 Å². The molecule has 0 aliphatic carbocycles. The second kappa shape index (κ2) is 11.1. The van der Waals surface area contributed by atoms with E-state index in [9.17, 15) is 4.79 Å². The Hall–Kier alpha value is -3.90. The molecule has 0 heterocycles. The monoisotopic (exact) mass is 500 g/mol. The molecule has 4 rings (SSSR count). The number of hydrogen-bond donors (Lipinski definition) is 1. The van der Waals surface area contributed by atoms with Crippen LogP contribution in [0.1, 0.15) is 5.56 Å². The van der Waals surface area contributed by atoms with Crippen LogP contribution < -0.4 is 14.8 Å². The summed E-state index contributed by atoms with van der Waals surface area (Å²) < 4.78 is 12.2. The number of hydrogen-bond acceptors (Lipinski definition) is 4. The first-order valence-corrected chi connectivity index (χ1v) is 11.1. The summed E-state index contributed by atoms with van der Waals surface area (Å²) in [6.07, 6.45) is 1.77. The second-order valence-corrected chi connectivity index (χ2v) is 7.91. The molecule has 0 spiro atoms. The van der Waals surface area contributed by atoms with Gasteiger partial charge in [-0.05, 0) is 88.2 Å². The molecular formula is C27H21BrN2O3. The van der Waals surface area contributed by atoms with Gasteiger partial charge in [-0.15, -0.1) is 0 Å². The summed E-state index contributed by atoms with van der Waals surface area (Å²) in [5, 5.41) is 2.79. The van der Waals surface area contributed by atoms with E-state index in [1.165, 1.54) is 0 Å². The molecule has 1 amide bonds. The van der Waals surface area contributed by atoms with Crippen LogP contribution in [0, 0.1) is 0 Å². The van der Waals surface area contributed by atoms with E-state index in [0.29, 0.717) is 5.75 Å². The lowest BCUT2D eigenvalue weighted by Crippen LogP contribution is -2.20. The topological polar surface area (TPSA) is 59.9 Å². The number of aliphatic imine (C=N–C) groups is 1. The van der Waals surface area contributed by atoms with Crippen LogP contribution in [0.4, 0.5) is 11.4 Å². The van der Waals surface area contributed by atoms with Gasteiger partial charge in [-0.1, -0.05) is 36.4 Å². The summed E-state index contributed by atoms with van der Waals surface area (Å²) in [7, 11) is 0. The van der Waals surface area contributed by atoms with Crippen LogP contribution in [-0.4, -0.2) is 18.7 Å². The zero-order chi connectivity index (χ0) is 22.9. The van der Waals surface area contributed by atoms with Crippen LogP contribution in [-0.2, 0) is 4.79 Å². The maximum Gasteiger partial charge on any atom is 0.262 e. The van der Waals surface area contributed by atoms with E-state index >= 15 is 0 Å². The normalized spacial score (nSPS) is 10.7. The van der Waals surface area contributed by atoms with E-state index in [4.69, 9.17) is 9.47 Å². The minimum atomic E-state index is -0.224. The Kier molecular flexibility index (Phi) is 7.51. The van der Waals surface area contributed by atoms with Crippen LogP contribution in [0.5, 0.6) is 17.2 Å². The van der Waals surface area contributed by atoms with Crippen LogP contribution >= 0.6 is 15.9 Å². The fraction of sp³-hybridized carbons (Fsp3) is 0.0370. The fourth-order valence-electron chi connectivity index (χ4n) is 2.95. The van der Waals surface area contributed by atoms with E-state index in [-0.39, 0.29) is 12.5 Å². The van der Waals surface area contributed by atoms with Crippen molar-refractivity contribution in [3.8, 4) is 17.2 Å². The van der Waals surface area contributed by atoms with Crippen molar-refractivity contribution in [3.63, 3.8) is 0 Å². The largest absolute Gasteiger partial charge is 0.483 e. The van der Waals surface area contributed by atoms with Crippen molar-refractivity contribution in [1.29, 1.82) is 0 Å². The minimum absolute atomic E-state index is 0.0850. The van der Waals surface area contributed by atoms with Gasteiger partial charge in [0.2, 0.25) is 0 Å². The van der Waals surface area contributed by atoms with Crippen molar-refractivity contribution in [2.24, 2.45) is 4.99 Å². The molecule has 4 aromatic carbocycles. The minimum Gasteiger partial charge on any atom is -0.483 e. The van der Waals surface area contributed by atoms with Crippen molar-refractivity contribution >= 4 is 39.4 Å². The molecule has 1 N–H and O–H groups in total. The Labute approximate surface area is 200 Å². The predicted molar refractivity (Wildman–Crippen MR) is 135 cm³/mol. The molecule has 0 atom stereocenters. The Morgan fingerprint density at radius 2 is 1.52 bits per heavy atom. The number of carbonyl (C=O) groups is 1. The van der Waals surface area contributed by atoms with Crippen LogP contribution in [0.3, 0.4) is 0 Å². The molecule has 0 saturated carbocycles. The van der Waals surface area contributed by atoms with Crippen LogP contribution in [0.15, 0.2) is 113 Å². The van der Waals surface area contributed by atoms with Crippen molar-refractivity contribution in [2.45, 2.75) is 0 Å². The van der Waals surface area contributed by atoms with E-state index in [0.717, 1.165) is 32.9 Å². The molecule has 0 aliphatic rings. The molecule has 5 nitrogen and oxygen atoms in total. The lowest BCUT2D eigenvalue weighted by molar-refractivity contribution is -0.118. The quantitative estimate of drug-likeness (QED) is 0.264. The molecule has 0 radical (unpaired) electrons. The summed E-state index contributed by atoms with van der Waals surface area (Å²) in [5.74, 6) is 1.90. The van der Waals surface area contributed by atoms with Crippen molar-refractivity contribution in [1.82, 2.24) is 0 Å². The molecule has 0 aliphatic heterocycles. The number of nitrogens with zero attached hydrogens (tertiary/aromatic N) is 1. The molecule has 0 aromatic heterocycles. The highest BCUT2D eigenvalue weighted by Crippen LogP contribution is 2.27. The highest BCUT2D eigenvalue weighted by molar-refractivity contribution is 9.10. The molecule has 6 heteroatoms. The third kappa shape index (κ3) is 6.79. The molecule has 0 unspecified atom stereocenters. The Morgan fingerprint density at radius 1 is 0.848 bits per heavy atom. The standard InChI is InChI=1S/C27H21BrN2O3/c28-25-17-20(11-16-26(25)32-19-27(31)30-22-7-3-1-4-8-22)18-29-21-12-14-24(15-13-21)33-23-9-5-2-6-10-23/h1-18H,19H2,(H,30,31). The van der Waals surface area contributed by atoms with E-state index < -0.39 is 0 Å². The number of nitrogens with one attached hydrogen (secondary N) is 1. The number of para-hydroxylation sites is 2. The highest BCUT2D eigenvalue weighted by atomic mass is 79.9. The molecule has 0 fully saturated rings. The van der Waals surface area contributed by atoms with Crippen LogP contribution in [0.25, 0.3) is 0 Å². The first kappa shape index (κ1) is 22.3. The van der Waals surface area contributed by atoms with Crippen LogP contribution in [0.2, 0.25) is 0 Å². The van der Waals surface area contributed by atoms with E-state index in [1.54, 1.807) is 12.3 Å². The SMILES string of the molecule is O=C(COc1ccc(C=Nc2ccc(Oc3ccccc3)cc2)cc1Br)Nc1ccccc1. The summed E-state index contributed by atoms with van der Waals surface area (Å²) >= 11 is 3.50. The zero-order valence-corrected chi connectivity index (χ0v) is 19.2. The van der Waals surface area contributed by atoms with E-state index in [2.05, 4.69) is 26.2 Å². The number of anilines is 1. The Balaban J connectivity index is 1.31. The number of benzene rings is 4. The molecule has 164 valence electrons. The van der Waals surface area contributed by atoms with Gasteiger partial charge in [0.1, 0.15) is 17.2 Å². The lowest BCUT2D eigenvalue weighted by Gasteiger charge is -2.09. The van der Waals surface area contributed by atoms with Gasteiger partial charge in [0.25, 0.3) is 5.91 Å². The number of rotatable bonds is 8. The first-order chi connectivity index (χ1) is 16.2. The smallest absolute Gasteiger partial charge is 0.262 e. The number of amides is 1. The van der Waals surface area contributed by atoms with Gasteiger partial charge >= 0.3 is 0 Å². The number of ether oxygens (including phenoxy) is 2. The Morgan fingerprint density at radius 3 is 2.21 bits per heavy atom. The van der Waals surface area contributed by atoms with Gasteiger partial charge in [-0.2, -0.15) is 0 Å². The Bertz CT molecular complexity index is 1230. The molecular weight excluding hydrogens is 480 g/mol. The van der Waals surface area contributed by atoms with Gasteiger partial charge in [-0.25, -0.2) is 0 Å². The van der Waals surface area contributed by atoms with Crippen molar-refractivity contribution in [2.75, 3.05) is 11.9 Å². The average molecular weight is 501 g/mol. The average Bonchev–Trinajstić information content (AvgIpc) is 2.84. The summed E-state index contributed by atoms with van der Waals surface area (Å²) in [6, 6.07) is 32.0. The fourth-order valence-corrected chi connectivity index (χ4v) is 3.46. The molecule has 4 aromatic rings.